The van der Waals surface area contributed by atoms with Crippen molar-refractivity contribution in [3.05, 3.63) is 0 Å². The molecule has 0 aromatic heterocycles. The lowest BCUT2D eigenvalue weighted by molar-refractivity contribution is -0.204. The van der Waals surface area contributed by atoms with Gasteiger partial charge in [0.2, 0.25) is 0 Å². The molecule has 2 aliphatic carbocycles. The zero-order valence-corrected chi connectivity index (χ0v) is 18.1. The number of esters is 1. The largest absolute Gasteiger partial charge is 0.458 e. The lowest BCUT2D eigenvalue weighted by Crippen LogP contribution is -2.55. The highest BCUT2D eigenvalue weighted by molar-refractivity contribution is 5.77. The molecule has 5 atom stereocenters. The number of fused-ring (bicyclic) bond motifs is 2. The Labute approximate surface area is 156 Å². The molecule has 0 heterocycles. The van der Waals surface area contributed by atoms with Crippen molar-refractivity contribution in [2.45, 2.75) is 106 Å². The lowest BCUT2D eigenvalue weighted by atomic mass is 9.58. The van der Waals surface area contributed by atoms with E-state index in [0.717, 1.165) is 24.7 Å². The summed E-state index contributed by atoms with van der Waals surface area (Å²) in [6.07, 6.45) is 8.29. The standard InChI is InChI=1S/C23H42O2/c1-9-17-13-18-11-12-23(16(3)4,19(14-17)15-18)25-20(24)22(8,10-2)21(5,6)7/h16-19H,9-15H2,1-8H3. The van der Waals surface area contributed by atoms with Gasteiger partial charge in [-0.1, -0.05) is 54.9 Å². The number of carbonyl (C=O) groups excluding carboxylic acids is 1. The first kappa shape index (κ1) is 20.8. The van der Waals surface area contributed by atoms with Gasteiger partial charge >= 0.3 is 5.97 Å². The molecule has 0 aliphatic heterocycles. The number of ether oxygens (including phenoxy) is 1. The van der Waals surface area contributed by atoms with Crippen molar-refractivity contribution in [2.24, 2.45) is 34.5 Å². The van der Waals surface area contributed by atoms with E-state index in [9.17, 15) is 4.79 Å². The van der Waals surface area contributed by atoms with Crippen LogP contribution >= 0.6 is 0 Å². The van der Waals surface area contributed by atoms with E-state index in [1.165, 1.54) is 32.1 Å². The van der Waals surface area contributed by atoms with Crippen molar-refractivity contribution in [1.82, 2.24) is 0 Å². The molecule has 2 fully saturated rings. The first-order valence-electron chi connectivity index (χ1n) is 10.7. The molecule has 2 saturated carbocycles. The third kappa shape index (κ3) is 3.65. The summed E-state index contributed by atoms with van der Waals surface area (Å²) in [5.74, 6) is 2.65. The molecule has 2 heteroatoms. The van der Waals surface area contributed by atoms with Crippen molar-refractivity contribution in [3.8, 4) is 0 Å². The van der Waals surface area contributed by atoms with Crippen LogP contribution in [0.5, 0.6) is 0 Å². The Hall–Kier alpha value is -0.530. The van der Waals surface area contributed by atoms with Crippen LogP contribution in [0.3, 0.4) is 0 Å². The first-order chi connectivity index (χ1) is 11.5. The van der Waals surface area contributed by atoms with Gasteiger partial charge in [0.05, 0.1) is 5.41 Å². The van der Waals surface area contributed by atoms with E-state index in [2.05, 4.69) is 55.4 Å². The Bertz CT molecular complexity index is 475. The second kappa shape index (κ2) is 7.24. The summed E-state index contributed by atoms with van der Waals surface area (Å²) in [7, 11) is 0. The Balaban J connectivity index is 2.30. The van der Waals surface area contributed by atoms with Gasteiger partial charge in [-0.15, -0.1) is 0 Å². The minimum atomic E-state index is -0.426. The molecule has 25 heavy (non-hydrogen) atoms. The molecule has 146 valence electrons. The van der Waals surface area contributed by atoms with E-state index in [1.54, 1.807) is 0 Å². The Morgan fingerprint density at radius 3 is 2.24 bits per heavy atom. The van der Waals surface area contributed by atoms with E-state index in [-0.39, 0.29) is 17.0 Å². The first-order valence-corrected chi connectivity index (χ1v) is 10.7. The van der Waals surface area contributed by atoms with Gasteiger partial charge in [-0.3, -0.25) is 4.79 Å². The summed E-state index contributed by atoms with van der Waals surface area (Å²) in [6, 6.07) is 0. The maximum Gasteiger partial charge on any atom is 0.312 e. The Morgan fingerprint density at radius 2 is 1.76 bits per heavy atom. The molecular formula is C23H42O2. The van der Waals surface area contributed by atoms with Crippen molar-refractivity contribution in [2.75, 3.05) is 0 Å². The third-order valence-electron chi connectivity index (χ3n) is 8.19. The molecular weight excluding hydrogens is 308 g/mol. The molecule has 0 radical (unpaired) electrons. The van der Waals surface area contributed by atoms with E-state index < -0.39 is 5.41 Å². The summed E-state index contributed by atoms with van der Waals surface area (Å²) >= 11 is 0. The van der Waals surface area contributed by atoms with E-state index in [0.29, 0.717) is 11.8 Å². The van der Waals surface area contributed by atoms with Crippen LogP contribution < -0.4 is 0 Å². The van der Waals surface area contributed by atoms with Crippen LogP contribution in [0.25, 0.3) is 0 Å². The molecule has 0 aromatic rings. The average Bonchev–Trinajstić information content (AvgIpc) is 2.55. The predicted octanol–water partition coefficient (Wildman–Crippen LogP) is 6.62. The minimum absolute atomic E-state index is 0.0354. The van der Waals surface area contributed by atoms with Crippen LogP contribution in [0.4, 0.5) is 0 Å². The summed E-state index contributed by atoms with van der Waals surface area (Å²) in [4.78, 5) is 13.4. The van der Waals surface area contributed by atoms with Gasteiger partial charge in [0, 0.05) is 0 Å². The van der Waals surface area contributed by atoms with Gasteiger partial charge in [-0.2, -0.15) is 0 Å². The van der Waals surface area contributed by atoms with Gasteiger partial charge in [0.25, 0.3) is 0 Å². The van der Waals surface area contributed by atoms with Crippen LogP contribution in [-0.4, -0.2) is 11.6 Å². The molecule has 2 nitrogen and oxygen atoms in total. The number of hydrogen-bond donors (Lipinski definition) is 0. The minimum Gasteiger partial charge on any atom is -0.458 e. The fourth-order valence-electron chi connectivity index (χ4n) is 5.45. The van der Waals surface area contributed by atoms with E-state index >= 15 is 0 Å². The maximum absolute atomic E-state index is 13.4. The van der Waals surface area contributed by atoms with Gasteiger partial charge in [0.15, 0.2) is 0 Å². The highest BCUT2D eigenvalue weighted by Gasteiger charge is 2.54. The average molecular weight is 351 g/mol. The van der Waals surface area contributed by atoms with Crippen molar-refractivity contribution in [1.29, 1.82) is 0 Å². The molecule has 2 aliphatic rings. The highest BCUT2D eigenvalue weighted by atomic mass is 16.6. The highest BCUT2D eigenvalue weighted by Crippen LogP contribution is 2.54. The molecule has 0 N–H and O–H groups in total. The van der Waals surface area contributed by atoms with Crippen molar-refractivity contribution >= 4 is 5.97 Å². The fraction of sp³-hybridized carbons (Fsp3) is 0.957. The molecule has 0 aromatic carbocycles. The van der Waals surface area contributed by atoms with Gasteiger partial charge < -0.3 is 4.74 Å². The van der Waals surface area contributed by atoms with Gasteiger partial charge in [-0.05, 0) is 74.5 Å². The van der Waals surface area contributed by atoms with Crippen LogP contribution in [0.1, 0.15) is 100 Å². The number of rotatable bonds is 5. The Morgan fingerprint density at radius 1 is 1.12 bits per heavy atom. The zero-order valence-electron chi connectivity index (χ0n) is 18.1. The second-order valence-electron chi connectivity index (χ2n) is 10.5. The van der Waals surface area contributed by atoms with Crippen molar-refractivity contribution < 1.29 is 9.53 Å². The number of carbonyl (C=O) groups is 1. The number of hydrogen-bond acceptors (Lipinski definition) is 2. The molecule has 2 rings (SSSR count). The zero-order chi connectivity index (χ0) is 19.0. The van der Waals surface area contributed by atoms with Crippen LogP contribution in [0.2, 0.25) is 0 Å². The van der Waals surface area contributed by atoms with Crippen molar-refractivity contribution in [3.63, 3.8) is 0 Å². The van der Waals surface area contributed by atoms with Crippen LogP contribution in [0.15, 0.2) is 0 Å². The SMILES string of the molecule is CCC1CC2CCC(OC(=O)C(C)(CC)C(C)(C)C)(C(C)C)C(C1)C2. The van der Waals surface area contributed by atoms with E-state index in [1.807, 2.05) is 0 Å². The summed E-state index contributed by atoms with van der Waals surface area (Å²) in [5, 5.41) is 0. The summed E-state index contributed by atoms with van der Waals surface area (Å²) < 4.78 is 6.56. The molecule has 5 unspecified atom stereocenters. The van der Waals surface area contributed by atoms with Crippen LogP contribution in [-0.2, 0) is 9.53 Å². The van der Waals surface area contributed by atoms with Gasteiger partial charge in [0.1, 0.15) is 5.60 Å². The van der Waals surface area contributed by atoms with Crippen LogP contribution in [0, 0.1) is 34.5 Å². The monoisotopic (exact) mass is 350 g/mol. The summed E-state index contributed by atoms with van der Waals surface area (Å²) in [5.41, 5.74) is -0.764. The molecule has 0 amide bonds. The van der Waals surface area contributed by atoms with Gasteiger partial charge in [-0.25, -0.2) is 0 Å². The fourth-order valence-corrected chi connectivity index (χ4v) is 5.45. The summed E-state index contributed by atoms with van der Waals surface area (Å²) in [6.45, 7) is 17.6. The predicted molar refractivity (Wildman–Crippen MR) is 105 cm³/mol. The molecule has 2 bridgehead atoms. The third-order valence-corrected chi connectivity index (χ3v) is 8.19. The molecule has 0 spiro atoms. The smallest absolute Gasteiger partial charge is 0.312 e. The lowest BCUT2D eigenvalue weighted by Gasteiger charge is -2.54. The topological polar surface area (TPSA) is 26.3 Å². The quantitative estimate of drug-likeness (QED) is 0.521. The normalized spacial score (nSPS) is 35.3. The second-order valence-corrected chi connectivity index (χ2v) is 10.5. The van der Waals surface area contributed by atoms with E-state index in [4.69, 9.17) is 4.74 Å². The Kier molecular flexibility index (Phi) is 6.01. The maximum atomic E-state index is 13.4. The molecule has 0 saturated heterocycles.